The summed E-state index contributed by atoms with van der Waals surface area (Å²) in [5, 5.41) is 0. The quantitative estimate of drug-likeness (QED) is 0.753. The van der Waals surface area contributed by atoms with Crippen LogP contribution >= 0.6 is 0 Å². The molecule has 0 aromatic carbocycles. The zero-order valence-corrected chi connectivity index (χ0v) is 9.58. The lowest BCUT2D eigenvalue weighted by molar-refractivity contribution is -0.0829. The average molecular weight is 201 g/mol. The average Bonchev–Trinajstić information content (AvgIpc) is 2.17. The Bertz CT molecular complexity index is 163. The molecule has 0 radical (unpaired) electrons. The molecule has 0 amide bonds. The molecule has 3 nitrogen and oxygen atoms in total. The maximum atomic E-state index is 5.82. The molecule has 0 unspecified atom stereocenters. The van der Waals surface area contributed by atoms with Crippen molar-refractivity contribution in [2.45, 2.75) is 57.3 Å². The molecule has 0 aliphatic heterocycles. The highest BCUT2D eigenvalue weighted by atomic mass is 16.5. The lowest BCUT2D eigenvalue weighted by atomic mass is 9.93. The Hall–Kier alpha value is -0.120. The molecule has 3 heteroatoms. The van der Waals surface area contributed by atoms with E-state index in [9.17, 15) is 0 Å². The molecule has 1 saturated carbocycles. The molecule has 84 valence electrons. The van der Waals surface area contributed by atoms with Gasteiger partial charge in [-0.2, -0.15) is 0 Å². The summed E-state index contributed by atoms with van der Waals surface area (Å²) in [6.45, 7) is 4.76. The van der Waals surface area contributed by atoms with Gasteiger partial charge in [-0.05, 0) is 39.5 Å². The Morgan fingerprint density at radius 2 is 1.79 bits per heavy atom. The number of ether oxygens (including phenoxy) is 2. The van der Waals surface area contributed by atoms with Crippen molar-refractivity contribution in [3.05, 3.63) is 0 Å². The highest BCUT2D eigenvalue weighted by Gasteiger charge is 2.23. The van der Waals surface area contributed by atoms with Crippen molar-refractivity contribution in [2.24, 2.45) is 5.73 Å². The largest absolute Gasteiger partial charge is 0.376 e. The number of hydrogen-bond donors (Lipinski definition) is 1. The van der Waals surface area contributed by atoms with Crippen LogP contribution in [0.3, 0.4) is 0 Å². The Kier molecular flexibility index (Phi) is 4.35. The zero-order valence-electron chi connectivity index (χ0n) is 9.58. The smallest absolute Gasteiger partial charge is 0.0855 e. The van der Waals surface area contributed by atoms with Crippen LogP contribution in [0.15, 0.2) is 0 Å². The van der Waals surface area contributed by atoms with E-state index in [0.717, 1.165) is 25.7 Å². The monoisotopic (exact) mass is 201 g/mol. The van der Waals surface area contributed by atoms with Gasteiger partial charge in [-0.3, -0.25) is 0 Å². The molecule has 1 fully saturated rings. The van der Waals surface area contributed by atoms with Crippen LogP contribution in [0.1, 0.15) is 39.5 Å². The second-order valence-corrected chi connectivity index (χ2v) is 4.81. The first-order chi connectivity index (χ1) is 6.53. The molecule has 0 bridgehead atoms. The Labute approximate surface area is 86.9 Å². The predicted octanol–water partition coefficient (Wildman–Crippen LogP) is 1.70. The summed E-state index contributed by atoms with van der Waals surface area (Å²) in [5.41, 5.74) is 5.66. The number of hydrogen-bond acceptors (Lipinski definition) is 3. The first-order valence-corrected chi connectivity index (χ1v) is 5.46. The Morgan fingerprint density at radius 1 is 1.21 bits per heavy atom. The van der Waals surface area contributed by atoms with Gasteiger partial charge in [-0.1, -0.05) is 0 Å². The third-order valence-electron chi connectivity index (χ3n) is 2.94. The lowest BCUT2D eigenvalue weighted by Gasteiger charge is -2.30. The fourth-order valence-electron chi connectivity index (χ4n) is 1.63. The van der Waals surface area contributed by atoms with Crippen molar-refractivity contribution in [1.82, 2.24) is 0 Å². The highest BCUT2D eigenvalue weighted by molar-refractivity contribution is 4.76. The van der Waals surface area contributed by atoms with Crippen LogP contribution < -0.4 is 5.73 Å². The highest BCUT2D eigenvalue weighted by Crippen LogP contribution is 2.21. The summed E-state index contributed by atoms with van der Waals surface area (Å²) in [7, 11) is 1.72. The molecule has 0 atom stereocenters. The molecule has 2 N–H and O–H groups in total. The van der Waals surface area contributed by atoms with Crippen LogP contribution in [0, 0.1) is 0 Å². The topological polar surface area (TPSA) is 44.5 Å². The molecular weight excluding hydrogens is 178 g/mol. The molecule has 0 spiro atoms. The lowest BCUT2D eigenvalue weighted by Crippen LogP contribution is -2.35. The van der Waals surface area contributed by atoms with Gasteiger partial charge in [0.2, 0.25) is 0 Å². The molecular formula is C11H23NO2. The summed E-state index contributed by atoms with van der Waals surface area (Å²) in [5.74, 6) is 0. The summed E-state index contributed by atoms with van der Waals surface area (Å²) < 4.78 is 11.1. The minimum absolute atomic E-state index is 0.167. The number of rotatable bonds is 4. The molecule has 1 aliphatic rings. The number of methoxy groups -OCH3 is 1. The van der Waals surface area contributed by atoms with Crippen molar-refractivity contribution < 1.29 is 9.47 Å². The van der Waals surface area contributed by atoms with E-state index in [1.807, 2.05) is 13.8 Å². The third-order valence-corrected chi connectivity index (χ3v) is 2.94. The van der Waals surface area contributed by atoms with E-state index >= 15 is 0 Å². The summed E-state index contributed by atoms with van der Waals surface area (Å²) >= 11 is 0. The Morgan fingerprint density at radius 3 is 2.29 bits per heavy atom. The van der Waals surface area contributed by atoms with Crippen LogP contribution in [0.5, 0.6) is 0 Å². The first kappa shape index (κ1) is 12.0. The molecule has 0 heterocycles. The van der Waals surface area contributed by atoms with E-state index in [-0.39, 0.29) is 5.60 Å². The summed E-state index contributed by atoms with van der Waals surface area (Å²) in [4.78, 5) is 0. The van der Waals surface area contributed by atoms with Crippen LogP contribution in [-0.2, 0) is 9.47 Å². The summed E-state index contributed by atoms with van der Waals surface area (Å²) in [6.07, 6.45) is 4.78. The Balaban J connectivity index is 2.19. The second kappa shape index (κ2) is 5.10. The number of nitrogens with two attached hydrogens (primary N) is 1. The van der Waals surface area contributed by atoms with Gasteiger partial charge >= 0.3 is 0 Å². The maximum Gasteiger partial charge on any atom is 0.0855 e. The molecule has 0 aromatic heterocycles. The molecule has 0 aromatic rings. The fourth-order valence-corrected chi connectivity index (χ4v) is 1.63. The van der Waals surface area contributed by atoms with Crippen molar-refractivity contribution >= 4 is 0 Å². The van der Waals surface area contributed by atoms with Gasteiger partial charge < -0.3 is 15.2 Å². The SMILES string of the molecule is COC(C)(C)COC1CCC(N)CC1. The predicted molar refractivity (Wildman–Crippen MR) is 57.3 cm³/mol. The van der Waals surface area contributed by atoms with Gasteiger partial charge in [0.05, 0.1) is 18.3 Å². The molecule has 14 heavy (non-hydrogen) atoms. The molecule has 0 saturated heterocycles. The summed E-state index contributed by atoms with van der Waals surface area (Å²) in [6, 6.07) is 0.394. The third kappa shape index (κ3) is 3.95. The molecule has 1 aliphatic carbocycles. The van der Waals surface area contributed by atoms with E-state index in [1.54, 1.807) is 7.11 Å². The van der Waals surface area contributed by atoms with E-state index < -0.39 is 0 Å². The van der Waals surface area contributed by atoms with Crippen molar-refractivity contribution in [3.63, 3.8) is 0 Å². The van der Waals surface area contributed by atoms with Gasteiger partial charge in [-0.15, -0.1) is 0 Å². The van der Waals surface area contributed by atoms with E-state index in [1.165, 1.54) is 0 Å². The fraction of sp³-hybridized carbons (Fsp3) is 1.00. The molecule has 1 rings (SSSR count). The standard InChI is InChI=1S/C11H23NO2/c1-11(2,13-3)8-14-10-6-4-9(12)5-7-10/h9-10H,4-8,12H2,1-3H3. The van der Waals surface area contributed by atoms with E-state index in [2.05, 4.69) is 0 Å². The maximum absolute atomic E-state index is 5.82. The van der Waals surface area contributed by atoms with Crippen molar-refractivity contribution in [1.29, 1.82) is 0 Å². The van der Waals surface area contributed by atoms with E-state index in [4.69, 9.17) is 15.2 Å². The first-order valence-electron chi connectivity index (χ1n) is 5.46. The second-order valence-electron chi connectivity index (χ2n) is 4.81. The van der Waals surface area contributed by atoms with E-state index in [0.29, 0.717) is 18.8 Å². The van der Waals surface area contributed by atoms with Crippen LogP contribution in [-0.4, -0.2) is 31.5 Å². The van der Waals surface area contributed by atoms with Gasteiger partial charge in [0.25, 0.3) is 0 Å². The van der Waals surface area contributed by atoms with Crippen molar-refractivity contribution in [3.8, 4) is 0 Å². The van der Waals surface area contributed by atoms with Crippen molar-refractivity contribution in [2.75, 3.05) is 13.7 Å². The zero-order chi connectivity index (χ0) is 10.6. The van der Waals surface area contributed by atoms with Crippen LogP contribution in [0.25, 0.3) is 0 Å². The van der Waals surface area contributed by atoms with Gasteiger partial charge in [0.15, 0.2) is 0 Å². The van der Waals surface area contributed by atoms with Gasteiger partial charge in [-0.25, -0.2) is 0 Å². The van der Waals surface area contributed by atoms with Gasteiger partial charge in [0.1, 0.15) is 0 Å². The minimum atomic E-state index is -0.167. The normalized spacial score (nSPS) is 29.1. The van der Waals surface area contributed by atoms with Crippen LogP contribution in [0.2, 0.25) is 0 Å². The van der Waals surface area contributed by atoms with Crippen LogP contribution in [0.4, 0.5) is 0 Å². The minimum Gasteiger partial charge on any atom is -0.376 e. The van der Waals surface area contributed by atoms with Gasteiger partial charge in [0, 0.05) is 13.2 Å².